The first kappa shape index (κ1) is 18.6. The van der Waals surface area contributed by atoms with Crippen molar-refractivity contribution in [2.45, 2.75) is 18.7 Å². The molecule has 128 valence electrons. The number of carbonyl (C=O) groups is 1. The van der Waals surface area contributed by atoms with E-state index in [-0.39, 0.29) is 10.8 Å². The fraction of sp³-hybridized carbons (Fsp3) is 0.235. The van der Waals surface area contributed by atoms with Crippen molar-refractivity contribution >= 4 is 37.5 Å². The van der Waals surface area contributed by atoms with Crippen LogP contribution < -0.4 is 5.32 Å². The molecule has 1 amide bonds. The highest BCUT2D eigenvalue weighted by atomic mass is 79.9. The monoisotopic (exact) mass is 410 g/mol. The van der Waals surface area contributed by atoms with Gasteiger partial charge in [-0.25, -0.2) is 8.42 Å². The number of carbonyl (C=O) groups excluding carboxylic acids is 1. The van der Waals surface area contributed by atoms with Gasteiger partial charge in [0, 0.05) is 23.2 Å². The molecule has 5 nitrogen and oxygen atoms in total. The second kappa shape index (κ2) is 7.92. The Hall–Kier alpha value is -1.70. The Morgan fingerprint density at radius 1 is 1.04 bits per heavy atom. The van der Waals surface area contributed by atoms with Gasteiger partial charge in [0.15, 0.2) is 0 Å². The van der Waals surface area contributed by atoms with Crippen LogP contribution in [0.1, 0.15) is 24.2 Å². The molecule has 0 spiro atoms. The van der Waals surface area contributed by atoms with Crippen LogP contribution in [-0.2, 0) is 10.0 Å². The molecule has 24 heavy (non-hydrogen) atoms. The van der Waals surface area contributed by atoms with Crippen molar-refractivity contribution < 1.29 is 13.2 Å². The highest BCUT2D eigenvalue weighted by Gasteiger charge is 2.21. The molecule has 0 saturated heterocycles. The number of anilines is 1. The SMILES string of the molecule is CCN(CC)S(=O)(=O)c1ccc(NC(=O)c2ccccc2Br)cc1. The van der Waals surface area contributed by atoms with Gasteiger partial charge in [0.1, 0.15) is 0 Å². The van der Waals surface area contributed by atoms with E-state index in [9.17, 15) is 13.2 Å². The van der Waals surface area contributed by atoms with Gasteiger partial charge in [-0.05, 0) is 52.3 Å². The Morgan fingerprint density at radius 3 is 2.17 bits per heavy atom. The third-order valence-corrected chi connectivity index (χ3v) is 6.33. The molecule has 0 aliphatic carbocycles. The molecule has 2 rings (SSSR count). The highest BCUT2D eigenvalue weighted by Crippen LogP contribution is 2.20. The minimum atomic E-state index is -3.49. The number of hydrogen-bond donors (Lipinski definition) is 1. The predicted molar refractivity (Wildman–Crippen MR) is 98.6 cm³/mol. The van der Waals surface area contributed by atoms with Gasteiger partial charge < -0.3 is 5.32 Å². The maximum atomic E-state index is 12.4. The van der Waals surface area contributed by atoms with Crippen LogP contribution >= 0.6 is 15.9 Å². The summed E-state index contributed by atoms with van der Waals surface area (Å²) >= 11 is 3.33. The maximum Gasteiger partial charge on any atom is 0.256 e. The molecule has 1 N–H and O–H groups in total. The number of rotatable bonds is 6. The fourth-order valence-corrected chi connectivity index (χ4v) is 4.19. The lowest BCUT2D eigenvalue weighted by atomic mass is 10.2. The molecule has 0 bridgehead atoms. The van der Waals surface area contributed by atoms with Crippen molar-refractivity contribution in [3.63, 3.8) is 0 Å². The Labute approximate surface area is 150 Å². The van der Waals surface area contributed by atoms with Gasteiger partial charge >= 0.3 is 0 Å². The first-order chi connectivity index (χ1) is 11.4. The minimum Gasteiger partial charge on any atom is -0.322 e. The summed E-state index contributed by atoms with van der Waals surface area (Å²) in [6.45, 7) is 4.43. The molecule has 0 atom stereocenters. The van der Waals surface area contributed by atoms with Crippen LogP contribution in [0.2, 0.25) is 0 Å². The van der Waals surface area contributed by atoms with E-state index in [1.807, 2.05) is 6.07 Å². The van der Waals surface area contributed by atoms with Gasteiger partial charge in [0.25, 0.3) is 5.91 Å². The van der Waals surface area contributed by atoms with Crippen molar-refractivity contribution in [1.29, 1.82) is 0 Å². The molecular formula is C17H19BrN2O3S. The number of sulfonamides is 1. The van der Waals surface area contributed by atoms with Gasteiger partial charge in [0.2, 0.25) is 10.0 Å². The summed E-state index contributed by atoms with van der Waals surface area (Å²) in [4.78, 5) is 12.5. The van der Waals surface area contributed by atoms with E-state index in [0.29, 0.717) is 28.8 Å². The minimum absolute atomic E-state index is 0.213. The fourth-order valence-electron chi connectivity index (χ4n) is 2.27. The summed E-state index contributed by atoms with van der Waals surface area (Å²) in [7, 11) is -3.49. The number of hydrogen-bond acceptors (Lipinski definition) is 3. The normalized spacial score (nSPS) is 11.5. The summed E-state index contributed by atoms with van der Waals surface area (Å²) < 4.78 is 26.9. The van der Waals surface area contributed by atoms with E-state index < -0.39 is 10.0 Å². The van der Waals surface area contributed by atoms with Crippen molar-refractivity contribution in [2.75, 3.05) is 18.4 Å². The van der Waals surface area contributed by atoms with Crippen LogP contribution in [0.25, 0.3) is 0 Å². The lowest BCUT2D eigenvalue weighted by Gasteiger charge is -2.18. The number of amides is 1. The zero-order chi connectivity index (χ0) is 17.7. The van der Waals surface area contributed by atoms with E-state index in [1.54, 1.807) is 44.2 Å². The van der Waals surface area contributed by atoms with Crippen molar-refractivity contribution in [3.05, 3.63) is 58.6 Å². The molecule has 2 aromatic rings. The van der Waals surface area contributed by atoms with Crippen LogP contribution in [0.15, 0.2) is 57.9 Å². The van der Waals surface area contributed by atoms with E-state index >= 15 is 0 Å². The van der Waals surface area contributed by atoms with Crippen molar-refractivity contribution in [2.24, 2.45) is 0 Å². The third kappa shape index (κ3) is 4.03. The third-order valence-electron chi connectivity index (χ3n) is 3.57. The molecule has 0 heterocycles. The van der Waals surface area contributed by atoms with Gasteiger partial charge in [-0.2, -0.15) is 4.31 Å². The van der Waals surface area contributed by atoms with Crippen LogP contribution in [0.4, 0.5) is 5.69 Å². The number of nitrogens with zero attached hydrogens (tertiary/aromatic N) is 1. The largest absolute Gasteiger partial charge is 0.322 e. The summed E-state index contributed by atoms with van der Waals surface area (Å²) in [5.41, 5.74) is 1.05. The molecular weight excluding hydrogens is 392 g/mol. The zero-order valence-corrected chi connectivity index (χ0v) is 15.9. The molecule has 0 fully saturated rings. The van der Waals surface area contributed by atoms with Gasteiger partial charge in [-0.15, -0.1) is 0 Å². The number of halogens is 1. The standard InChI is InChI=1S/C17H19BrN2O3S/c1-3-20(4-2)24(22,23)14-11-9-13(10-12-14)19-17(21)15-7-5-6-8-16(15)18/h5-12H,3-4H2,1-2H3,(H,19,21). The predicted octanol–water partition coefficient (Wildman–Crippen LogP) is 3.73. The van der Waals surface area contributed by atoms with Crippen molar-refractivity contribution in [3.8, 4) is 0 Å². The van der Waals surface area contributed by atoms with Gasteiger partial charge in [0.05, 0.1) is 10.5 Å². The van der Waals surface area contributed by atoms with Crippen molar-refractivity contribution in [1.82, 2.24) is 4.31 Å². The maximum absolute atomic E-state index is 12.4. The quantitative estimate of drug-likeness (QED) is 0.788. The van der Waals surface area contributed by atoms with Gasteiger partial charge in [-0.3, -0.25) is 4.79 Å². The van der Waals surface area contributed by atoms with Crippen LogP contribution in [0.3, 0.4) is 0 Å². The molecule has 0 aliphatic heterocycles. The van der Waals surface area contributed by atoms with E-state index in [1.165, 1.54) is 16.4 Å². The Morgan fingerprint density at radius 2 is 1.62 bits per heavy atom. The summed E-state index contributed by atoms with van der Waals surface area (Å²) in [5, 5.41) is 2.76. The number of nitrogens with one attached hydrogen (secondary N) is 1. The summed E-state index contributed by atoms with van der Waals surface area (Å²) in [6, 6.07) is 13.3. The Kier molecular flexibility index (Phi) is 6.15. The van der Waals surface area contributed by atoms with Crippen LogP contribution in [0.5, 0.6) is 0 Å². The first-order valence-electron chi connectivity index (χ1n) is 7.56. The molecule has 0 saturated carbocycles. The van der Waals surface area contributed by atoms with Crippen LogP contribution in [0, 0.1) is 0 Å². The van der Waals surface area contributed by atoms with E-state index in [2.05, 4.69) is 21.2 Å². The molecule has 2 aromatic carbocycles. The lowest BCUT2D eigenvalue weighted by molar-refractivity contribution is 0.102. The highest BCUT2D eigenvalue weighted by molar-refractivity contribution is 9.10. The van der Waals surface area contributed by atoms with Gasteiger partial charge in [-0.1, -0.05) is 26.0 Å². The average molecular weight is 411 g/mol. The molecule has 7 heteroatoms. The molecule has 0 radical (unpaired) electrons. The van der Waals surface area contributed by atoms with E-state index in [0.717, 1.165) is 0 Å². The lowest BCUT2D eigenvalue weighted by Crippen LogP contribution is -2.30. The molecule has 0 unspecified atom stereocenters. The number of benzene rings is 2. The smallest absolute Gasteiger partial charge is 0.256 e. The Bertz CT molecular complexity index is 816. The van der Waals surface area contributed by atoms with Crippen LogP contribution in [-0.4, -0.2) is 31.7 Å². The first-order valence-corrected chi connectivity index (χ1v) is 9.79. The Balaban J connectivity index is 2.18. The molecule has 0 aromatic heterocycles. The van der Waals surface area contributed by atoms with E-state index in [4.69, 9.17) is 0 Å². The summed E-state index contributed by atoms with van der Waals surface area (Å²) in [5.74, 6) is -0.262. The zero-order valence-electron chi connectivity index (χ0n) is 13.5. The second-order valence-corrected chi connectivity index (χ2v) is 7.84. The average Bonchev–Trinajstić information content (AvgIpc) is 2.56. The molecule has 0 aliphatic rings. The topological polar surface area (TPSA) is 66.5 Å². The second-order valence-electron chi connectivity index (χ2n) is 5.05. The summed E-state index contributed by atoms with van der Waals surface area (Å²) in [6.07, 6.45) is 0.